The van der Waals surface area contributed by atoms with Gasteiger partial charge in [0.25, 0.3) is 0 Å². The van der Waals surface area contributed by atoms with E-state index in [1.807, 2.05) is 18.2 Å². The monoisotopic (exact) mass is 390 g/mol. The van der Waals surface area contributed by atoms with Gasteiger partial charge in [0, 0.05) is 17.7 Å². The lowest BCUT2D eigenvalue weighted by Crippen LogP contribution is -2.21. The third-order valence-electron chi connectivity index (χ3n) is 4.31. The van der Waals surface area contributed by atoms with Crippen molar-refractivity contribution in [1.82, 2.24) is 0 Å². The van der Waals surface area contributed by atoms with Gasteiger partial charge >= 0.3 is 5.97 Å². The maximum Gasteiger partial charge on any atom is 0.352 e. The highest BCUT2D eigenvalue weighted by molar-refractivity contribution is 6.14. The first-order valence-corrected chi connectivity index (χ1v) is 9.15. The van der Waals surface area contributed by atoms with Gasteiger partial charge in [0.2, 0.25) is 11.9 Å². The van der Waals surface area contributed by atoms with Gasteiger partial charge in [0.1, 0.15) is 17.3 Å². The van der Waals surface area contributed by atoms with Crippen LogP contribution in [-0.4, -0.2) is 18.4 Å². The van der Waals surface area contributed by atoms with Crippen LogP contribution in [-0.2, 0) is 9.53 Å². The zero-order valence-electron chi connectivity index (χ0n) is 15.7. The molecule has 0 unspecified atom stereocenters. The number of ether oxygens (including phenoxy) is 3. The van der Waals surface area contributed by atoms with Crippen LogP contribution in [0, 0.1) is 0 Å². The zero-order valence-corrected chi connectivity index (χ0v) is 15.7. The number of fused-ring (bicyclic) bond motifs is 1. The molecule has 0 N–H and O–H groups in total. The third-order valence-corrected chi connectivity index (χ3v) is 4.31. The summed E-state index contributed by atoms with van der Waals surface area (Å²) in [5, 5.41) is 0. The minimum atomic E-state index is -0.926. The normalized spacial score (nSPS) is 14.9. The summed E-state index contributed by atoms with van der Waals surface area (Å²) in [6, 6.07) is 17.4. The molecular weight excluding hydrogens is 372 g/mol. The molecule has 2 aromatic carbocycles. The van der Waals surface area contributed by atoms with Crippen LogP contribution in [0.25, 0.3) is 6.08 Å². The SMILES string of the molecule is CCOC(=O)[C@H](Oc1ccc2c(c1)O/C(=C/c1ccco1)C2=O)c1ccccc1. The fourth-order valence-electron chi connectivity index (χ4n) is 2.98. The van der Waals surface area contributed by atoms with Gasteiger partial charge in [-0.15, -0.1) is 0 Å². The molecule has 0 aliphatic carbocycles. The van der Waals surface area contributed by atoms with Crippen molar-refractivity contribution in [3.63, 3.8) is 0 Å². The highest BCUT2D eigenvalue weighted by Gasteiger charge is 2.29. The fraction of sp³-hybridized carbons (Fsp3) is 0.130. The number of Topliss-reactive ketones (excluding diaryl/α,β-unsaturated/α-hetero) is 1. The molecule has 6 nitrogen and oxygen atoms in total. The molecule has 146 valence electrons. The largest absolute Gasteiger partial charge is 0.474 e. The summed E-state index contributed by atoms with van der Waals surface area (Å²) in [5.41, 5.74) is 1.09. The Hall–Kier alpha value is -3.80. The van der Waals surface area contributed by atoms with Gasteiger partial charge in [0.15, 0.2) is 5.76 Å². The molecule has 6 heteroatoms. The number of esters is 1. The third kappa shape index (κ3) is 3.91. The molecule has 0 saturated heterocycles. The van der Waals surface area contributed by atoms with E-state index >= 15 is 0 Å². The van der Waals surface area contributed by atoms with Crippen LogP contribution in [0.3, 0.4) is 0 Å². The molecule has 0 saturated carbocycles. The Balaban J connectivity index is 1.59. The molecule has 1 aliphatic rings. The van der Waals surface area contributed by atoms with Crippen LogP contribution in [0.2, 0.25) is 0 Å². The number of furan rings is 1. The molecule has 4 rings (SSSR count). The Morgan fingerprint density at radius 3 is 2.66 bits per heavy atom. The summed E-state index contributed by atoms with van der Waals surface area (Å²) >= 11 is 0. The van der Waals surface area contributed by atoms with E-state index in [0.29, 0.717) is 28.4 Å². The van der Waals surface area contributed by atoms with Crippen LogP contribution in [0.1, 0.15) is 34.7 Å². The molecule has 0 radical (unpaired) electrons. The first-order chi connectivity index (χ1) is 14.2. The Kier molecular flexibility index (Phi) is 5.16. The Bertz CT molecular complexity index is 1050. The van der Waals surface area contributed by atoms with Crippen molar-refractivity contribution in [3.05, 3.63) is 89.6 Å². The topological polar surface area (TPSA) is 75.0 Å². The van der Waals surface area contributed by atoms with Crippen molar-refractivity contribution in [2.45, 2.75) is 13.0 Å². The van der Waals surface area contributed by atoms with E-state index < -0.39 is 12.1 Å². The van der Waals surface area contributed by atoms with Gasteiger partial charge in [-0.3, -0.25) is 4.79 Å². The summed E-state index contributed by atoms with van der Waals surface area (Å²) < 4.78 is 22.0. The minimum absolute atomic E-state index is 0.164. The summed E-state index contributed by atoms with van der Waals surface area (Å²) in [4.78, 5) is 24.9. The van der Waals surface area contributed by atoms with E-state index in [1.54, 1.807) is 49.4 Å². The van der Waals surface area contributed by atoms with Gasteiger partial charge in [0.05, 0.1) is 18.4 Å². The van der Waals surface area contributed by atoms with Gasteiger partial charge < -0.3 is 18.6 Å². The number of carbonyl (C=O) groups is 2. The van der Waals surface area contributed by atoms with Crippen molar-refractivity contribution in [2.24, 2.45) is 0 Å². The Labute approximate surface area is 167 Å². The Morgan fingerprint density at radius 2 is 1.93 bits per heavy atom. The fourth-order valence-corrected chi connectivity index (χ4v) is 2.98. The van der Waals surface area contributed by atoms with Crippen molar-refractivity contribution in [2.75, 3.05) is 6.61 Å². The highest BCUT2D eigenvalue weighted by atomic mass is 16.6. The molecule has 0 amide bonds. The number of rotatable bonds is 6. The number of hydrogen-bond acceptors (Lipinski definition) is 6. The summed E-state index contributed by atoms with van der Waals surface area (Å²) in [7, 11) is 0. The highest BCUT2D eigenvalue weighted by Crippen LogP contribution is 2.36. The number of ketones is 1. The first-order valence-electron chi connectivity index (χ1n) is 9.15. The number of hydrogen-bond donors (Lipinski definition) is 0. The van der Waals surface area contributed by atoms with E-state index in [1.165, 1.54) is 12.3 Å². The summed E-state index contributed by atoms with van der Waals surface area (Å²) in [6.07, 6.45) is 2.13. The second-order valence-corrected chi connectivity index (χ2v) is 6.27. The predicted octanol–water partition coefficient (Wildman–Crippen LogP) is 4.58. The van der Waals surface area contributed by atoms with Crippen molar-refractivity contribution in [3.8, 4) is 11.5 Å². The standard InChI is InChI=1S/C23H18O6/c1-2-26-23(25)22(15-7-4-3-5-8-15)28-17-10-11-18-19(14-17)29-20(21(18)24)13-16-9-6-12-27-16/h3-14,22H,2H2,1H3/b20-13+/t22-/m1/s1. The lowest BCUT2D eigenvalue weighted by Gasteiger charge is -2.18. The minimum Gasteiger partial charge on any atom is -0.474 e. The molecule has 1 atom stereocenters. The quantitative estimate of drug-likeness (QED) is 0.453. The molecule has 0 fully saturated rings. The van der Waals surface area contributed by atoms with Crippen LogP contribution in [0.4, 0.5) is 0 Å². The summed E-state index contributed by atoms with van der Waals surface area (Å²) in [5.74, 6) is 0.697. The average molecular weight is 390 g/mol. The second kappa shape index (κ2) is 8.06. The van der Waals surface area contributed by atoms with Crippen LogP contribution < -0.4 is 9.47 Å². The smallest absolute Gasteiger partial charge is 0.352 e. The molecule has 0 spiro atoms. The van der Waals surface area contributed by atoms with Gasteiger partial charge in [-0.1, -0.05) is 30.3 Å². The van der Waals surface area contributed by atoms with E-state index in [0.717, 1.165) is 0 Å². The number of benzene rings is 2. The molecule has 3 aromatic rings. The summed E-state index contributed by atoms with van der Waals surface area (Å²) in [6.45, 7) is 1.98. The zero-order chi connectivity index (χ0) is 20.2. The first kappa shape index (κ1) is 18.6. The molecule has 29 heavy (non-hydrogen) atoms. The molecule has 0 bridgehead atoms. The van der Waals surface area contributed by atoms with Crippen LogP contribution in [0.5, 0.6) is 11.5 Å². The maximum absolute atomic E-state index is 12.5. The van der Waals surface area contributed by atoms with Crippen molar-refractivity contribution >= 4 is 17.8 Å². The van der Waals surface area contributed by atoms with Crippen LogP contribution >= 0.6 is 0 Å². The van der Waals surface area contributed by atoms with E-state index in [-0.39, 0.29) is 18.1 Å². The van der Waals surface area contributed by atoms with Crippen molar-refractivity contribution in [1.29, 1.82) is 0 Å². The van der Waals surface area contributed by atoms with Crippen LogP contribution in [0.15, 0.2) is 77.1 Å². The number of carbonyl (C=O) groups excluding carboxylic acids is 2. The van der Waals surface area contributed by atoms with Gasteiger partial charge in [-0.25, -0.2) is 4.79 Å². The second-order valence-electron chi connectivity index (χ2n) is 6.27. The van der Waals surface area contributed by atoms with E-state index in [9.17, 15) is 9.59 Å². The van der Waals surface area contributed by atoms with E-state index in [4.69, 9.17) is 18.6 Å². The van der Waals surface area contributed by atoms with E-state index in [2.05, 4.69) is 0 Å². The van der Waals surface area contributed by atoms with Gasteiger partial charge in [-0.2, -0.15) is 0 Å². The van der Waals surface area contributed by atoms with Crippen molar-refractivity contribution < 1.29 is 28.2 Å². The lowest BCUT2D eigenvalue weighted by molar-refractivity contribution is -0.151. The maximum atomic E-state index is 12.5. The van der Waals surface area contributed by atoms with Gasteiger partial charge in [-0.05, 0) is 31.2 Å². The lowest BCUT2D eigenvalue weighted by atomic mass is 10.1. The predicted molar refractivity (Wildman–Crippen MR) is 105 cm³/mol. The average Bonchev–Trinajstić information content (AvgIpc) is 3.35. The number of allylic oxidation sites excluding steroid dienone is 1. The molecule has 1 aliphatic heterocycles. The molecule has 2 heterocycles. The molecular formula is C23H18O6. The molecule has 1 aromatic heterocycles. The Morgan fingerprint density at radius 1 is 1.10 bits per heavy atom.